The van der Waals surface area contributed by atoms with Gasteiger partial charge in [0.15, 0.2) is 0 Å². The molecule has 0 spiro atoms. The lowest BCUT2D eigenvalue weighted by atomic mass is 9.93. The molecule has 0 aromatic heterocycles. The second-order valence-electron chi connectivity index (χ2n) is 7.92. The second kappa shape index (κ2) is 10.0. The molecule has 4 heteroatoms. The smallest absolute Gasteiger partial charge is 0.126 e. The number of hydrogen-bond donors (Lipinski definition) is 2. The van der Waals surface area contributed by atoms with E-state index in [4.69, 9.17) is 4.74 Å². The summed E-state index contributed by atoms with van der Waals surface area (Å²) in [5.74, 6) is 1.07. The van der Waals surface area contributed by atoms with Gasteiger partial charge in [-0.05, 0) is 87.8 Å². The molecule has 0 bridgehead atoms. The van der Waals surface area contributed by atoms with Crippen LogP contribution in [0.25, 0.3) is 0 Å². The lowest BCUT2D eigenvalue weighted by Crippen LogP contribution is -2.42. The van der Waals surface area contributed by atoms with Gasteiger partial charge in [-0.15, -0.1) is 0 Å². The molecular formula is C24H32FNO2. The zero-order chi connectivity index (χ0) is 19.9. The standard InChI is InChI=1S/C24H32FNO2/c1-3-18-5-6-19(7-9-21(25)15-18)12-13-26-16-22(27)24-11-8-20-14-17(2)4-10-23(20)28-24/h3-4,7,9-10,14-15,19,22,24,26-27H,5-6,8,11-13,16H2,1-2H3/b9-7+,18-3+,21-15+. The predicted molar refractivity (Wildman–Crippen MR) is 112 cm³/mol. The summed E-state index contributed by atoms with van der Waals surface area (Å²) in [6.45, 7) is 5.34. The van der Waals surface area contributed by atoms with Crippen LogP contribution < -0.4 is 10.1 Å². The molecule has 3 unspecified atom stereocenters. The van der Waals surface area contributed by atoms with Gasteiger partial charge in [-0.2, -0.15) is 0 Å². The van der Waals surface area contributed by atoms with E-state index in [9.17, 15) is 9.50 Å². The Morgan fingerprint density at radius 1 is 1.32 bits per heavy atom. The van der Waals surface area contributed by atoms with Gasteiger partial charge >= 0.3 is 0 Å². The highest BCUT2D eigenvalue weighted by atomic mass is 19.1. The predicted octanol–water partition coefficient (Wildman–Crippen LogP) is 4.80. The zero-order valence-electron chi connectivity index (χ0n) is 17.0. The Kier molecular flexibility index (Phi) is 7.46. The summed E-state index contributed by atoms with van der Waals surface area (Å²) < 4.78 is 19.7. The Balaban J connectivity index is 1.41. The maximum absolute atomic E-state index is 13.7. The molecule has 0 amide bonds. The lowest BCUT2D eigenvalue weighted by molar-refractivity contribution is 0.0245. The monoisotopic (exact) mass is 385 g/mol. The lowest BCUT2D eigenvalue weighted by Gasteiger charge is -2.30. The quantitative estimate of drug-likeness (QED) is 0.692. The number of rotatable bonds is 6. The summed E-state index contributed by atoms with van der Waals surface area (Å²) in [5.41, 5.74) is 3.53. The first kappa shape index (κ1) is 20.8. The van der Waals surface area contributed by atoms with E-state index >= 15 is 0 Å². The molecule has 1 aliphatic carbocycles. The fourth-order valence-electron chi connectivity index (χ4n) is 3.92. The second-order valence-corrected chi connectivity index (χ2v) is 7.92. The van der Waals surface area contributed by atoms with Gasteiger partial charge in [0.05, 0.1) is 0 Å². The highest BCUT2D eigenvalue weighted by Crippen LogP contribution is 2.29. The average molecular weight is 386 g/mol. The SMILES string of the molecule is C/C=C1/C=C(F)\C=C\C(CCNCC(O)C2CCc3cc(C)ccc3O2)CC1. The first-order valence-electron chi connectivity index (χ1n) is 10.4. The topological polar surface area (TPSA) is 41.5 Å². The number of ether oxygens (including phenoxy) is 1. The Morgan fingerprint density at radius 3 is 3.00 bits per heavy atom. The van der Waals surface area contributed by atoms with E-state index in [1.54, 1.807) is 12.2 Å². The van der Waals surface area contributed by atoms with Crippen molar-refractivity contribution < 1.29 is 14.2 Å². The van der Waals surface area contributed by atoms with Crippen LogP contribution in [0.4, 0.5) is 4.39 Å². The first-order valence-corrected chi connectivity index (χ1v) is 10.4. The Bertz CT molecular complexity index is 753. The largest absolute Gasteiger partial charge is 0.487 e. The van der Waals surface area contributed by atoms with Crippen molar-refractivity contribution in [3.8, 4) is 5.75 Å². The van der Waals surface area contributed by atoms with Gasteiger partial charge in [0.1, 0.15) is 23.8 Å². The van der Waals surface area contributed by atoms with Crippen LogP contribution >= 0.6 is 0 Å². The summed E-state index contributed by atoms with van der Waals surface area (Å²) in [6.07, 6.45) is 11.1. The minimum Gasteiger partial charge on any atom is -0.487 e. The van der Waals surface area contributed by atoms with Crippen LogP contribution in [-0.2, 0) is 6.42 Å². The van der Waals surface area contributed by atoms with Crippen LogP contribution in [-0.4, -0.2) is 30.4 Å². The van der Waals surface area contributed by atoms with Crippen molar-refractivity contribution in [1.29, 1.82) is 0 Å². The van der Waals surface area contributed by atoms with Crippen molar-refractivity contribution in [2.75, 3.05) is 13.1 Å². The average Bonchev–Trinajstić information content (AvgIpc) is 2.69. The third kappa shape index (κ3) is 5.79. The highest BCUT2D eigenvalue weighted by Gasteiger charge is 2.26. The van der Waals surface area contributed by atoms with Gasteiger partial charge in [-0.1, -0.05) is 29.8 Å². The van der Waals surface area contributed by atoms with E-state index in [1.807, 2.05) is 31.2 Å². The Hall–Kier alpha value is -1.91. The molecule has 3 rings (SSSR count). The van der Waals surface area contributed by atoms with Crippen molar-refractivity contribution >= 4 is 0 Å². The normalized spacial score (nSPS) is 27.7. The molecule has 2 N–H and O–H groups in total. The van der Waals surface area contributed by atoms with Gasteiger partial charge in [0, 0.05) is 6.54 Å². The highest BCUT2D eigenvalue weighted by molar-refractivity contribution is 5.38. The molecule has 28 heavy (non-hydrogen) atoms. The first-order chi connectivity index (χ1) is 13.5. The van der Waals surface area contributed by atoms with Gasteiger partial charge in [-0.25, -0.2) is 4.39 Å². The molecule has 0 saturated heterocycles. The summed E-state index contributed by atoms with van der Waals surface area (Å²) in [5, 5.41) is 13.9. The van der Waals surface area contributed by atoms with Crippen molar-refractivity contribution in [2.24, 2.45) is 5.92 Å². The van der Waals surface area contributed by atoms with Gasteiger partial charge < -0.3 is 15.2 Å². The van der Waals surface area contributed by atoms with Crippen molar-refractivity contribution in [2.45, 2.75) is 58.2 Å². The van der Waals surface area contributed by atoms with Crippen LogP contribution in [0.5, 0.6) is 5.75 Å². The van der Waals surface area contributed by atoms with E-state index in [1.165, 1.54) is 11.1 Å². The molecule has 3 nitrogen and oxygen atoms in total. The Labute approximate surface area is 168 Å². The van der Waals surface area contributed by atoms with Gasteiger partial charge in [-0.3, -0.25) is 0 Å². The molecule has 0 radical (unpaired) electrons. The van der Waals surface area contributed by atoms with Gasteiger partial charge in [0.25, 0.3) is 0 Å². The molecular weight excluding hydrogens is 353 g/mol. The molecule has 1 aromatic carbocycles. The fraction of sp³-hybridized carbons (Fsp3) is 0.500. The number of aliphatic hydroxyl groups excluding tert-OH is 1. The maximum atomic E-state index is 13.7. The van der Waals surface area contributed by atoms with E-state index < -0.39 is 6.10 Å². The number of nitrogens with one attached hydrogen (secondary N) is 1. The zero-order valence-corrected chi connectivity index (χ0v) is 17.0. The number of benzene rings is 1. The summed E-state index contributed by atoms with van der Waals surface area (Å²) in [7, 11) is 0. The number of allylic oxidation sites excluding steroid dienone is 6. The van der Waals surface area contributed by atoms with Crippen molar-refractivity contribution in [1.82, 2.24) is 5.32 Å². The van der Waals surface area contributed by atoms with E-state index in [0.29, 0.717) is 12.5 Å². The molecule has 0 saturated carbocycles. The molecule has 1 aliphatic heterocycles. The van der Waals surface area contributed by atoms with Gasteiger partial charge in [0.2, 0.25) is 0 Å². The molecule has 152 valence electrons. The number of aliphatic hydroxyl groups is 1. The maximum Gasteiger partial charge on any atom is 0.126 e. The van der Waals surface area contributed by atoms with E-state index in [-0.39, 0.29) is 11.9 Å². The third-order valence-corrected chi connectivity index (χ3v) is 5.69. The van der Waals surface area contributed by atoms with E-state index in [0.717, 1.165) is 50.0 Å². The molecule has 0 fully saturated rings. The number of hydrogen-bond acceptors (Lipinski definition) is 3. The Morgan fingerprint density at radius 2 is 2.18 bits per heavy atom. The van der Waals surface area contributed by atoms with Crippen LogP contribution in [0.1, 0.15) is 43.7 Å². The summed E-state index contributed by atoms with van der Waals surface area (Å²) in [6, 6.07) is 6.21. The van der Waals surface area contributed by atoms with Crippen molar-refractivity contribution in [3.05, 3.63) is 65.0 Å². The number of halogens is 1. The summed E-state index contributed by atoms with van der Waals surface area (Å²) in [4.78, 5) is 0. The number of aryl methyl sites for hydroxylation is 2. The molecule has 3 atom stereocenters. The van der Waals surface area contributed by atoms with Crippen LogP contribution in [0.15, 0.2) is 53.9 Å². The van der Waals surface area contributed by atoms with E-state index in [2.05, 4.69) is 18.3 Å². The third-order valence-electron chi connectivity index (χ3n) is 5.69. The van der Waals surface area contributed by atoms with Crippen LogP contribution in [0.2, 0.25) is 0 Å². The molecule has 1 heterocycles. The number of fused-ring (bicyclic) bond motifs is 1. The molecule has 2 aliphatic rings. The van der Waals surface area contributed by atoms with Crippen molar-refractivity contribution in [3.63, 3.8) is 0 Å². The summed E-state index contributed by atoms with van der Waals surface area (Å²) >= 11 is 0. The minimum atomic E-state index is -0.530. The van der Waals surface area contributed by atoms with Crippen LogP contribution in [0, 0.1) is 12.8 Å². The van der Waals surface area contributed by atoms with Crippen LogP contribution in [0.3, 0.4) is 0 Å². The molecule has 1 aromatic rings. The fourth-order valence-corrected chi connectivity index (χ4v) is 3.92. The minimum absolute atomic E-state index is 0.166.